The molecular weight excluding hydrogens is 140 g/mol. The van der Waals surface area contributed by atoms with Crippen molar-refractivity contribution in [3.8, 4) is 0 Å². The van der Waals surface area contributed by atoms with Crippen molar-refractivity contribution in [2.45, 2.75) is 6.36 Å². The number of rotatable bonds is 2. The third kappa shape index (κ3) is 5.61. The summed E-state index contributed by atoms with van der Waals surface area (Å²) in [6.07, 6.45) is -4.91. The minimum Gasteiger partial charge on any atom is -0.832 e. The lowest BCUT2D eigenvalue weighted by Crippen LogP contribution is -2.41. The van der Waals surface area contributed by atoms with E-state index in [0.29, 0.717) is 0 Å². The van der Waals surface area contributed by atoms with Gasteiger partial charge in [0.25, 0.3) is 0 Å². The van der Waals surface area contributed by atoms with Crippen LogP contribution in [0.3, 0.4) is 0 Å². The zero-order valence-corrected chi connectivity index (χ0v) is 4.44. The molecule has 0 saturated carbocycles. The molecule has 0 aromatic rings. The molecule has 0 amide bonds. The SMILES string of the molecule is COB([O-])OC(F)(F)F. The maximum absolute atomic E-state index is 11.0. The highest BCUT2D eigenvalue weighted by atomic mass is 19.4. The Labute approximate surface area is 49.5 Å². The summed E-state index contributed by atoms with van der Waals surface area (Å²) < 4.78 is 39.4. The number of halogens is 3. The van der Waals surface area contributed by atoms with E-state index in [1.165, 1.54) is 0 Å². The van der Waals surface area contributed by atoms with Gasteiger partial charge in [-0.15, -0.1) is 13.2 Å². The molecule has 7 heteroatoms. The Kier molecular flexibility index (Phi) is 2.95. The highest BCUT2D eigenvalue weighted by molar-refractivity contribution is 6.32. The lowest BCUT2D eigenvalue weighted by Gasteiger charge is -2.17. The van der Waals surface area contributed by atoms with Gasteiger partial charge in [-0.1, -0.05) is 0 Å². The number of alkyl halides is 3. The van der Waals surface area contributed by atoms with E-state index >= 15 is 0 Å². The summed E-state index contributed by atoms with van der Waals surface area (Å²) in [5, 5.41) is 9.75. The Morgan fingerprint density at radius 2 is 1.89 bits per heavy atom. The summed E-state index contributed by atoms with van der Waals surface area (Å²) in [6, 6.07) is 0. The van der Waals surface area contributed by atoms with Gasteiger partial charge in [-0.05, 0) is 0 Å². The van der Waals surface area contributed by atoms with Crippen molar-refractivity contribution < 1.29 is 27.5 Å². The molecule has 0 unspecified atom stereocenters. The van der Waals surface area contributed by atoms with Crippen molar-refractivity contribution in [1.82, 2.24) is 0 Å². The molecule has 0 aliphatic carbocycles. The van der Waals surface area contributed by atoms with Crippen molar-refractivity contribution in [2.75, 3.05) is 7.11 Å². The van der Waals surface area contributed by atoms with Crippen LogP contribution in [-0.4, -0.2) is 20.8 Å². The van der Waals surface area contributed by atoms with E-state index in [1.807, 2.05) is 0 Å². The second-order valence-corrected chi connectivity index (χ2v) is 1.09. The minimum absolute atomic E-state index is 0.823. The largest absolute Gasteiger partial charge is 0.832 e. The first-order valence-corrected chi connectivity index (χ1v) is 1.89. The fourth-order valence-electron chi connectivity index (χ4n) is 0.157. The van der Waals surface area contributed by atoms with Crippen LogP contribution < -0.4 is 5.02 Å². The van der Waals surface area contributed by atoms with Gasteiger partial charge in [0.1, 0.15) is 0 Å². The van der Waals surface area contributed by atoms with E-state index in [9.17, 15) is 18.2 Å². The van der Waals surface area contributed by atoms with Crippen LogP contribution in [0.5, 0.6) is 0 Å². The summed E-state index contributed by atoms with van der Waals surface area (Å²) in [5.74, 6) is 0. The first-order valence-electron chi connectivity index (χ1n) is 1.89. The zero-order chi connectivity index (χ0) is 7.49. The molecule has 0 atom stereocenters. The van der Waals surface area contributed by atoms with Gasteiger partial charge >= 0.3 is 13.7 Å². The van der Waals surface area contributed by atoms with Crippen molar-refractivity contribution in [3.05, 3.63) is 0 Å². The highest BCUT2D eigenvalue weighted by Crippen LogP contribution is 2.15. The smallest absolute Gasteiger partial charge is 0.509 e. The summed E-state index contributed by atoms with van der Waals surface area (Å²) in [7, 11) is -1.66. The van der Waals surface area contributed by atoms with Crippen molar-refractivity contribution in [2.24, 2.45) is 0 Å². The lowest BCUT2D eigenvalue weighted by atomic mass is 10.2. The molecule has 0 radical (unpaired) electrons. The van der Waals surface area contributed by atoms with Gasteiger partial charge in [0.15, 0.2) is 0 Å². The molecule has 3 nitrogen and oxygen atoms in total. The summed E-state index contributed by atoms with van der Waals surface area (Å²) in [5.41, 5.74) is 0. The standard InChI is InChI=1S/C2H3BF3O3/c1-8-3(7)9-2(4,5)6/h1H3/q-1. The third-order valence-corrected chi connectivity index (χ3v) is 0.422. The zero-order valence-electron chi connectivity index (χ0n) is 4.44. The van der Waals surface area contributed by atoms with Gasteiger partial charge in [0.05, 0.1) is 0 Å². The second kappa shape index (κ2) is 3.04. The van der Waals surface area contributed by atoms with Crippen LogP contribution in [-0.2, 0) is 9.31 Å². The average Bonchev–Trinajstić information content (AvgIpc) is 1.62. The van der Waals surface area contributed by atoms with E-state index in [0.717, 1.165) is 7.11 Å². The molecule has 0 aromatic heterocycles. The second-order valence-electron chi connectivity index (χ2n) is 1.09. The molecule has 0 aromatic carbocycles. The van der Waals surface area contributed by atoms with Gasteiger partial charge in [-0.2, -0.15) is 0 Å². The summed E-state index contributed by atoms with van der Waals surface area (Å²) in [4.78, 5) is 0. The average molecular weight is 143 g/mol. The lowest BCUT2D eigenvalue weighted by molar-refractivity contribution is -0.341. The minimum atomic E-state index is -4.91. The summed E-state index contributed by atoms with van der Waals surface area (Å²) >= 11 is 0. The van der Waals surface area contributed by atoms with Gasteiger partial charge in [0.2, 0.25) is 0 Å². The molecule has 54 valence electrons. The molecular formula is C2H3BF3O3-. The van der Waals surface area contributed by atoms with E-state index in [2.05, 4.69) is 9.31 Å². The molecule has 0 N–H and O–H groups in total. The molecule has 0 spiro atoms. The normalized spacial score (nSPS) is 11.7. The Bertz CT molecular complexity index is 83.6. The highest BCUT2D eigenvalue weighted by Gasteiger charge is 2.30. The van der Waals surface area contributed by atoms with Gasteiger partial charge < -0.3 is 14.3 Å². The van der Waals surface area contributed by atoms with Crippen LogP contribution in [0.25, 0.3) is 0 Å². The van der Waals surface area contributed by atoms with E-state index in [1.54, 1.807) is 0 Å². The van der Waals surface area contributed by atoms with Crippen molar-refractivity contribution >= 4 is 7.32 Å². The van der Waals surface area contributed by atoms with Crippen molar-refractivity contribution in [3.63, 3.8) is 0 Å². The number of hydrogen-bond donors (Lipinski definition) is 0. The van der Waals surface area contributed by atoms with E-state index in [-0.39, 0.29) is 0 Å². The van der Waals surface area contributed by atoms with E-state index < -0.39 is 13.7 Å². The van der Waals surface area contributed by atoms with Gasteiger partial charge in [-0.3, -0.25) is 0 Å². The first-order chi connectivity index (χ1) is 3.95. The Morgan fingerprint density at radius 3 is 2.00 bits per heavy atom. The van der Waals surface area contributed by atoms with Crippen LogP contribution in [0.4, 0.5) is 13.2 Å². The van der Waals surface area contributed by atoms with Gasteiger partial charge in [-0.25, -0.2) is 0 Å². The number of hydrogen-bond acceptors (Lipinski definition) is 3. The fraction of sp³-hybridized carbons (Fsp3) is 1.00. The molecule has 0 saturated heterocycles. The summed E-state index contributed by atoms with van der Waals surface area (Å²) in [6.45, 7) is 0. The first kappa shape index (κ1) is 8.73. The van der Waals surface area contributed by atoms with Gasteiger partial charge in [0, 0.05) is 7.11 Å². The van der Waals surface area contributed by atoms with E-state index in [4.69, 9.17) is 0 Å². The predicted molar refractivity (Wildman–Crippen MR) is 19.9 cm³/mol. The quantitative estimate of drug-likeness (QED) is 0.489. The predicted octanol–water partition coefficient (Wildman–Crippen LogP) is -0.486. The fourth-order valence-corrected chi connectivity index (χ4v) is 0.157. The molecule has 0 fully saturated rings. The molecule has 0 bridgehead atoms. The maximum atomic E-state index is 11.0. The molecule has 0 aliphatic heterocycles. The Morgan fingerprint density at radius 1 is 1.44 bits per heavy atom. The molecule has 9 heavy (non-hydrogen) atoms. The van der Waals surface area contributed by atoms with Crippen LogP contribution in [0.1, 0.15) is 0 Å². The van der Waals surface area contributed by atoms with Crippen LogP contribution in [0.15, 0.2) is 0 Å². The molecule has 0 aliphatic rings. The molecule has 0 heterocycles. The molecule has 0 rings (SSSR count). The maximum Gasteiger partial charge on any atom is 0.509 e. The monoisotopic (exact) mass is 143 g/mol. The van der Waals surface area contributed by atoms with Crippen LogP contribution >= 0.6 is 0 Å². The Balaban J connectivity index is 3.47. The third-order valence-electron chi connectivity index (χ3n) is 0.422. The van der Waals surface area contributed by atoms with Crippen molar-refractivity contribution in [1.29, 1.82) is 0 Å². The van der Waals surface area contributed by atoms with Crippen LogP contribution in [0, 0.1) is 0 Å². The topological polar surface area (TPSA) is 41.5 Å². The Hall–Kier alpha value is -0.265. The van der Waals surface area contributed by atoms with Crippen LogP contribution in [0.2, 0.25) is 0 Å².